The van der Waals surface area contributed by atoms with Gasteiger partial charge in [-0.25, -0.2) is 0 Å². The van der Waals surface area contributed by atoms with Crippen LogP contribution in [0.5, 0.6) is 0 Å². The number of hydrogen-bond acceptors (Lipinski definition) is 1. The molecule has 0 aliphatic carbocycles. The van der Waals surface area contributed by atoms with E-state index in [0.717, 1.165) is 5.56 Å². The maximum Gasteiger partial charge on any atom is 0.146 e. The third-order valence-electron chi connectivity index (χ3n) is 1.72. The Labute approximate surface area is 75.8 Å². The Hall–Kier alpha value is -0.915. The zero-order valence-corrected chi connectivity index (χ0v) is 7.79. The van der Waals surface area contributed by atoms with Crippen LogP contribution in [-0.2, 0) is 0 Å². The highest BCUT2D eigenvalue weighted by Gasteiger charge is 2.22. The molecule has 0 unspecified atom stereocenters. The molecule has 1 nitrogen and oxygen atoms in total. The lowest BCUT2D eigenvalue weighted by Gasteiger charge is -2.15. The van der Waals surface area contributed by atoms with Gasteiger partial charge in [-0.2, -0.15) is 0 Å². The van der Waals surface area contributed by atoms with Crippen LogP contribution >= 0.6 is 0 Å². The number of carbonyl (C=O) groups is 1. The molecule has 0 saturated carbocycles. The van der Waals surface area contributed by atoms with E-state index in [1.807, 2.05) is 53.9 Å². The van der Waals surface area contributed by atoms with Crippen molar-refractivity contribution in [3.63, 3.8) is 0 Å². The highest BCUT2D eigenvalue weighted by atomic mass is 16.1. The Kier molecular flexibility index (Phi) is 2.46. The van der Waals surface area contributed by atoms with Crippen molar-refractivity contribution in [3.8, 4) is 0 Å². The summed E-state index contributed by atoms with van der Waals surface area (Å²) in [4.78, 5) is 11.7. The highest BCUT2D eigenvalue weighted by Crippen LogP contribution is 2.16. The van der Waals surface area contributed by atoms with Crippen LogP contribution in [0.4, 0.5) is 0 Å². The van der Waals surface area contributed by atoms with Gasteiger partial charge in [-0.05, 0) is 0 Å². The average Bonchev–Trinajstić information content (AvgIpc) is 2.03. The van der Waals surface area contributed by atoms with Gasteiger partial charge in [0.25, 0.3) is 0 Å². The van der Waals surface area contributed by atoms with Crippen molar-refractivity contribution >= 4 is 29.3 Å². The molecule has 1 rings (SSSR count). The molecular formula is C8H11B3O. The van der Waals surface area contributed by atoms with E-state index in [1.165, 1.54) is 0 Å². The van der Waals surface area contributed by atoms with E-state index in [9.17, 15) is 4.79 Å². The van der Waals surface area contributed by atoms with Crippen LogP contribution < -0.4 is 0 Å². The van der Waals surface area contributed by atoms with E-state index in [0.29, 0.717) is 0 Å². The van der Waals surface area contributed by atoms with Crippen LogP contribution in [0.15, 0.2) is 30.3 Å². The fourth-order valence-corrected chi connectivity index (χ4v) is 1.02. The molecule has 1 aromatic rings. The van der Waals surface area contributed by atoms with Crippen molar-refractivity contribution in [2.24, 2.45) is 0 Å². The molecule has 12 heavy (non-hydrogen) atoms. The molecule has 1 aromatic carbocycles. The predicted molar refractivity (Wildman–Crippen MR) is 59.1 cm³/mol. The fourth-order valence-electron chi connectivity index (χ4n) is 1.02. The molecule has 0 aromatic heterocycles. The quantitative estimate of drug-likeness (QED) is 0.389. The Morgan fingerprint density at radius 3 is 2.00 bits per heavy atom. The van der Waals surface area contributed by atoms with Gasteiger partial charge in [0, 0.05) is 5.56 Å². The summed E-state index contributed by atoms with van der Waals surface area (Å²) in [7, 11) is 5.80. The van der Waals surface area contributed by atoms with Crippen LogP contribution in [-0.4, -0.2) is 29.3 Å². The second-order valence-electron chi connectivity index (χ2n) is 3.95. The van der Waals surface area contributed by atoms with E-state index in [2.05, 4.69) is 0 Å². The molecule has 0 bridgehead atoms. The van der Waals surface area contributed by atoms with Gasteiger partial charge < -0.3 is 0 Å². The van der Waals surface area contributed by atoms with Gasteiger partial charge in [0.05, 0.1) is 23.5 Å². The van der Waals surface area contributed by atoms with E-state index in [4.69, 9.17) is 0 Å². The van der Waals surface area contributed by atoms with Gasteiger partial charge in [0.2, 0.25) is 0 Å². The number of Topliss-reactive ketones (excluding diaryl/α,β-unsaturated/α-hetero) is 1. The Balaban J connectivity index is 2.94. The van der Waals surface area contributed by atoms with Crippen LogP contribution in [0.1, 0.15) is 10.4 Å². The molecule has 0 atom stereocenters. The highest BCUT2D eigenvalue weighted by molar-refractivity contribution is 6.70. The minimum Gasteiger partial charge on any atom is -0.296 e. The molecule has 0 saturated heterocycles. The smallest absolute Gasteiger partial charge is 0.146 e. The lowest BCUT2D eigenvalue weighted by atomic mass is 9.40. The van der Waals surface area contributed by atoms with Gasteiger partial charge in [0.15, 0.2) is 0 Å². The predicted octanol–water partition coefficient (Wildman–Crippen LogP) is -1.16. The van der Waals surface area contributed by atoms with Gasteiger partial charge in [-0.15, -0.1) is 0 Å². The zero-order valence-electron chi connectivity index (χ0n) is 7.79. The first kappa shape index (κ1) is 9.18. The van der Waals surface area contributed by atoms with Crippen molar-refractivity contribution in [1.29, 1.82) is 0 Å². The van der Waals surface area contributed by atoms with E-state index in [-0.39, 0.29) is 10.9 Å². The average molecular weight is 156 g/mol. The number of benzene rings is 1. The lowest BCUT2D eigenvalue weighted by Crippen LogP contribution is -2.24. The van der Waals surface area contributed by atoms with E-state index >= 15 is 0 Å². The van der Waals surface area contributed by atoms with Gasteiger partial charge in [-0.1, -0.05) is 35.4 Å². The fraction of sp³-hybridized carbons (Fsp3) is 0.125. The first-order valence-electron chi connectivity index (χ1n) is 4.11. The van der Waals surface area contributed by atoms with E-state index < -0.39 is 0 Å². The van der Waals surface area contributed by atoms with Crippen LogP contribution in [0, 0.1) is 0 Å². The number of rotatable bonds is 2. The van der Waals surface area contributed by atoms with Crippen LogP contribution in [0.3, 0.4) is 0 Å². The first-order chi connectivity index (χ1) is 5.52. The second-order valence-corrected chi connectivity index (χ2v) is 3.95. The molecule has 0 fully saturated rings. The summed E-state index contributed by atoms with van der Waals surface area (Å²) in [6.07, 6.45) is 0. The van der Waals surface area contributed by atoms with Gasteiger partial charge in [-0.3, -0.25) is 4.79 Å². The minimum absolute atomic E-state index is 0.197. The summed E-state index contributed by atoms with van der Waals surface area (Å²) in [6.45, 7) is 0. The standard InChI is InChI=1S/C8H11B3O/c9-8(10,11)7(12)6-4-2-1-3-5-6/h1-5H,9-11H2. The largest absolute Gasteiger partial charge is 0.296 e. The van der Waals surface area contributed by atoms with E-state index in [1.54, 1.807) is 0 Å². The molecule has 0 amide bonds. The lowest BCUT2D eigenvalue weighted by molar-refractivity contribution is 0.0993. The summed E-state index contributed by atoms with van der Waals surface area (Å²) in [6, 6.07) is 9.40. The minimum atomic E-state index is -0.276. The van der Waals surface area contributed by atoms with Crippen molar-refractivity contribution in [3.05, 3.63) is 35.9 Å². The van der Waals surface area contributed by atoms with Gasteiger partial charge >= 0.3 is 0 Å². The molecule has 58 valence electrons. The molecule has 4 heteroatoms. The summed E-state index contributed by atoms with van der Waals surface area (Å²) in [5.74, 6) is 0.197. The molecule has 0 N–H and O–H groups in total. The Morgan fingerprint density at radius 2 is 1.58 bits per heavy atom. The Bertz CT molecular complexity index is 276. The molecule has 0 aliphatic heterocycles. The SMILES string of the molecule is BC(B)(B)C(=O)c1ccccc1. The maximum atomic E-state index is 11.7. The summed E-state index contributed by atoms with van der Waals surface area (Å²) >= 11 is 0. The van der Waals surface area contributed by atoms with Gasteiger partial charge in [0.1, 0.15) is 5.78 Å². The van der Waals surface area contributed by atoms with Crippen molar-refractivity contribution in [2.75, 3.05) is 0 Å². The normalized spacial score (nSPS) is 11.0. The monoisotopic (exact) mass is 156 g/mol. The summed E-state index contributed by atoms with van der Waals surface area (Å²) < 4.78 is 0. The number of hydrogen-bond donors (Lipinski definition) is 0. The molecule has 0 spiro atoms. The maximum absolute atomic E-state index is 11.7. The number of carbonyl (C=O) groups excluding carboxylic acids is 1. The Morgan fingerprint density at radius 1 is 1.08 bits per heavy atom. The molecular weight excluding hydrogens is 145 g/mol. The molecule has 0 radical (unpaired) electrons. The third kappa shape index (κ3) is 2.03. The second kappa shape index (κ2) is 3.22. The topological polar surface area (TPSA) is 17.1 Å². The van der Waals surface area contributed by atoms with Crippen LogP contribution in [0.25, 0.3) is 0 Å². The summed E-state index contributed by atoms with van der Waals surface area (Å²) in [5, 5.41) is -0.276. The first-order valence-corrected chi connectivity index (χ1v) is 4.11. The van der Waals surface area contributed by atoms with Crippen molar-refractivity contribution < 1.29 is 4.79 Å². The molecule has 0 aliphatic rings. The third-order valence-corrected chi connectivity index (χ3v) is 1.72. The van der Waals surface area contributed by atoms with Crippen molar-refractivity contribution in [1.82, 2.24) is 0 Å². The van der Waals surface area contributed by atoms with Crippen LogP contribution in [0.2, 0.25) is 5.11 Å². The zero-order chi connectivity index (χ0) is 9.19. The summed E-state index contributed by atoms with van der Waals surface area (Å²) in [5.41, 5.74) is 0.796. The molecule has 0 heterocycles. The number of ketones is 1. The van der Waals surface area contributed by atoms with Crippen molar-refractivity contribution in [2.45, 2.75) is 5.11 Å².